The number of nitriles is 1. The van der Waals surface area contributed by atoms with Gasteiger partial charge in [0.25, 0.3) is 5.91 Å². The number of amides is 1. The predicted molar refractivity (Wildman–Crippen MR) is 103 cm³/mol. The maximum absolute atomic E-state index is 13.3. The van der Waals surface area contributed by atoms with Gasteiger partial charge < -0.3 is 9.64 Å². The molecule has 7 nitrogen and oxygen atoms in total. The number of hydrogen-bond donors (Lipinski definition) is 0. The van der Waals surface area contributed by atoms with E-state index in [1.54, 1.807) is 24.3 Å². The Morgan fingerprint density at radius 2 is 1.86 bits per heavy atom. The first-order chi connectivity index (χ1) is 13.8. The topological polar surface area (TPSA) is 90.7 Å². The normalized spacial score (nSPS) is 15.0. The lowest BCUT2D eigenvalue weighted by atomic mass is 10.2. The summed E-state index contributed by atoms with van der Waals surface area (Å²) < 4.78 is 45.4. The van der Waals surface area contributed by atoms with Gasteiger partial charge in [-0.25, -0.2) is 12.8 Å². The van der Waals surface area contributed by atoms with E-state index >= 15 is 0 Å². The average molecular weight is 438 g/mol. The van der Waals surface area contributed by atoms with Crippen molar-refractivity contribution in [1.82, 2.24) is 9.21 Å². The number of para-hydroxylation sites is 1. The van der Waals surface area contributed by atoms with Crippen LogP contribution in [-0.2, 0) is 14.8 Å². The van der Waals surface area contributed by atoms with E-state index in [-0.39, 0.29) is 48.6 Å². The molecule has 3 rings (SSSR count). The summed E-state index contributed by atoms with van der Waals surface area (Å²) in [6, 6.07) is 11.8. The lowest BCUT2D eigenvalue weighted by Gasteiger charge is -2.34. The van der Waals surface area contributed by atoms with Gasteiger partial charge in [0, 0.05) is 26.2 Å². The number of hydrogen-bond acceptors (Lipinski definition) is 5. The van der Waals surface area contributed by atoms with Crippen molar-refractivity contribution in [2.75, 3.05) is 32.8 Å². The van der Waals surface area contributed by atoms with Crippen LogP contribution in [-0.4, -0.2) is 56.3 Å². The Morgan fingerprint density at radius 1 is 1.17 bits per heavy atom. The molecule has 1 heterocycles. The number of rotatable bonds is 5. The molecule has 0 aromatic heterocycles. The molecule has 1 fully saturated rings. The molecule has 1 aliphatic rings. The van der Waals surface area contributed by atoms with Gasteiger partial charge in [-0.2, -0.15) is 9.57 Å². The molecule has 0 aliphatic carbocycles. The third-order valence-electron chi connectivity index (χ3n) is 4.48. The van der Waals surface area contributed by atoms with Gasteiger partial charge in [0.05, 0.1) is 15.5 Å². The van der Waals surface area contributed by atoms with Crippen molar-refractivity contribution in [3.8, 4) is 11.8 Å². The molecule has 0 spiro atoms. The van der Waals surface area contributed by atoms with E-state index in [4.69, 9.17) is 21.6 Å². The van der Waals surface area contributed by atoms with Crippen LogP contribution in [0.1, 0.15) is 5.56 Å². The van der Waals surface area contributed by atoms with Crippen molar-refractivity contribution in [1.29, 1.82) is 5.26 Å². The SMILES string of the molecule is N#Cc1ccccc1OCC(=O)N1CCN(S(=O)(=O)c2ccc(F)c(Cl)c2)CC1. The Labute approximate surface area is 172 Å². The van der Waals surface area contributed by atoms with Crippen LogP contribution in [0.2, 0.25) is 5.02 Å². The number of halogens is 2. The third-order valence-corrected chi connectivity index (χ3v) is 6.66. The first kappa shape index (κ1) is 21.0. The Hall–Kier alpha value is -2.67. The fourth-order valence-electron chi connectivity index (χ4n) is 2.88. The fourth-order valence-corrected chi connectivity index (χ4v) is 4.57. The molecule has 1 saturated heterocycles. The van der Waals surface area contributed by atoms with Crippen LogP contribution in [0.4, 0.5) is 4.39 Å². The standard InChI is InChI=1S/C19H17ClFN3O4S/c20-16-11-15(5-6-17(16)21)29(26,27)24-9-7-23(8-10-24)19(25)13-28-18-4-2-1-3-14(18)12-22/h1-6,11H,7-10,13H2. The highest BCUT2D eigenvalue weighted by molar-refractivity contribution is 7.89. The molecule has 0 N–H and O–H groups in total. The highest BCUT2D eigenvalue weighted by Crippen LogP contribution is 2.23. The minimum absolute atomic E-state index is 0.0951. The molecule has 0 unspecified atom stereocenters. The third kappa shape index (κ3) is 4.67. The van der Waals surface area contributed by atoms with Gasteiger partial charge >= 0.3 is 0 Å². The monoisotopic (exact) mass is 437 g/mol. The van der Waals surface area contributed by atoms with Crippen LogP contribution in [0.15, 0.2) is 47.4 Å². The van der Waals surface area contributed by atoms with Crippen LogP contribution in [0.25, 0.3) is 0 Å². The summed E-state index contributed by atoms with van der Waals surface area (Å²) in [5.41, 5.74) is 0.328. The smallest absolute Gasteiger partial charge is 0.260 e. The number of nitrogens with zero attached hydrogens (tertiary/aromatic N) is 3. The maximum atomic E-state index is 13.3. The highest BCUT2D eigenvalue weighted by atomic mass is 35.5. The molecule has 152 valence electrons. The van der Waals surface area contributed by atoms with E-state index in [1.807, 2.05) is 6.07 Å². The minimum atomic E-state index is -3.84. The first-order valence-electron chi connectivity index (χ1n) is 8.68. The summed E-state index contributed by atoms with van der Waals surface area (Å²) in [4.78, 5) is 13.8. The van der Waals surface area contributed by atoms with Gasteiger partial charge in [0.1, 0.15) is 17.6 Å². The highest BCUT2D eigenvalue weighted by Gasteiger charge is 2.30. The second-order valence-corrected chi connectivity index (χ2v) is 8.60. The Morgan fingerprint density at radius 3 is 2.52 bits per heavy atom. The number of carbonyl (C=O) groups excluding carboxylic acids is 1. The van der Waals surface area contributed by atoms with E-state index in [0.717, 1.165) is 18.2 Å². The lowest BCUT2D eigenvalue weighted by Crippen LogP contribution is -2.51. The number of benzene rings is 2. The summed E-state index contributed by atoms with van der Waals surface area (Å²) in [6.45, 7) is 0.321. The van der Waals surface area contributed by atoms with Crippen LogP contribution in [0, 0.1) is 17.1 Å². The molecule has 0 bridgehead atoms. The molecular formula is C19H17ClFN3O4S. The molecule has 1 aliphatic heterocycles. The van der Waals surface area contributed by atoms with E-state index in [0.29, 0.717) is 11.3 Å². The van der Waals surface area contributed by atoms with Gasteiger partial charge in [-0.1, -0.05) is 23.7 Å². The van der Waals surface area contributed by atoms with Gasteiger partial charge in [-0.15, -0.1) is 0 Å². The van der Waals surface area contributed by atoms with Crippen LogP contribution in [0.3, 0.4) is 0 Å². The summed E-state index contributed by atoms with van der Waals surface area (Å²) in [6.07, 6.45) is 0. The Kier molecular flexibility index (Phi) is 6.37. The van der Waals surface area contributed by atoms with Crippen molar-refractivity contribution >= 4 is 27.5 Å². The molecule has 0 radical (unpaired) electrons. The molecule has 29 heavy (non-hydrogen) atoms. The molecule has 2 aromatic carbocycles. The second-order valence-electron chi connectivity index (χ2n) is 6.26. The second kappa shape index (κ2) is 8.78. The minimum Gasteiger partial charge on any atom is -0.482 e. The molecular weight excluding hydrogens is 421 g/mol. The van der Waals surface area contributed by atoms with Gasteiger partial charge in [-0.05, 0) is 30.3 Å². The van der Waals surface area contributed by atoms with E-state index < -0.39 is 15.8 Å². The van der Waals surface area contributed by atoms with Crippen molar-refractivity contribution in [3.63, 3.8) is 0 Å². The van der Waals surface area contributed by atoms with E-state index in [1.165, 1.54) is 9.21 Å². The number of sulfonamides is 1. The molecule has 2 aromatic rings. The van der Waals surface area contributed by atoms with Crippen LogP contribution >= 0.6 is 11.6 Å². The summed E-state index contributed by atoms with van der Waals surface area (Å²) in [5.74, 6) is -0.684. The van der Waals surface area contributed by atoms with Gasteiger partial charge in [0.2, 0.25) is 10.0 Å². The predicted octanol–water partition coefficient (Wildman–Crippen LogP) is 2.26. The molecule has 0 atom stereocenters. The lowest BCUT2D eigenvalue weighted by molar-refractivity contribution is -0.134. The van der Waals surface area contributed by atoms with Gasteiger partial charge in [-0.3, -0.25) is 4.79 Å². The molecule has 0 saturated carbocycles. The quantitative estimate of drug-likeness (QED) is 0.715. The van der Waals surface area contributed by atoms with Crippen molar-refractivity contribution in [2.24, 2.45) is 0 Å². The van der Waals surface area contributed by atoms with E-state index in [2.05, 4.69) is 0 Å². The zero-order chi connectivity index (χ0) is 21.0. The van der Waals surface area contributed by atoms with Gasteiger partial charge in [0.15, 0.2) is 6.61 Å². The van der Waals surface area contributed by atoms with Crippen molar-refractivity contribution in [2.45, 2.75) is 4.90 Å². The van der Waals surface area contributed by atoms with Crippen LogP contribution < -0.4 is 4.74 Å². The number of piperazine rings is 1. The zero-order valence-electron chi connectivity index (χ0n) is 15.2. The Balaban J connectivity index is 1.59. The first-order valence-corrected chi connectivity index (χ1v) is 10.5. The number of carbonyl (C=O) groups is 1. The molecule has 1 amide bonds. The summed E-state index contributed by atoms with van der Waals surface area (Å²) >= 11 is 5.69. The van der Waals surface area contributed by atoms with Crippen molar-refractivity contribution in [3.05, 3.63) is 58.9 Å². The van der Waals surface area contributed by atoms with Crippen molar-refractivity contribution < 1.29 is 22.3 Å². The zero-order valence-corrected chi connectivity index (χ0v) is 16.8. The largest absolute Gasteiger partial charge is 0.482 e. The Bertz CT molecular complexity index is 1060. The van der Waals surface area contributed by atoms with Crippen LogP contribution in [0.5, 0.6) is 5.75 Å². The number of ether oxygens (including phenoxy) is 1. The maximum Gasteiger partial charge on any atom is 0.260 e. The summed E-state index contributed by atoms with van der Waals surface area (Å²) in [7, 11) is -3.84. The summed E-state index contributed by atoms with van der Waals surface area (Å²) in [5, 5.41) is 8.78. The van der Waals surface area contributed by atoms with E-state index in [9.17, 15) is 17.6 Å². The fraction of sp³-hybridized carbons (Fsp3) is 0.263. The molecule has 10 heteroatoms. The average Bonchev–Trinajstić information content (AvgIpc) is 2.74.